The van der Waals surface area contributed by atoms with Crippen LogP contribution in [-0.4, -0.2) is 24.6 Å². The maximum atomic E-state index is 13.3. The Bertz CT molecular complexity index is 1410. The molecule has 2 aromatic carbocycles. The summed E-state index contributed by atoms with van der Waals surface area (Å²) in [5, 5.41) is 10.5. The summed E-state index contributed by atoms with van der Waals surface area (Å²) >= 11 is 1.38. The number of hydrogen-bond acceptors (Lipinski definition) is 5. The number of hydrogen-bond donors (Lipinski definition) is 1. The van der Waals surface area contributed by atoms with Crippen molar-refractivity contribution in [2.45, 2.75) is 39.8 Å². The number of aryl methyl sites for hydroxylation is 2. The third kappa shape index (κ3) is 3.33. The Morgan fingerprint density at radius 3 is 2.67 bits per heavy atom. The highest BCUT2D eigenvalue weighted by Crippen LogP contribution is 2.28. The van der Waals surface area contributed by atoms with E-state index in [2.05, 4.69) is 16.5 Å². The number of carboxylic acid groups (broad SMARTS) is 1. The highest BCUT2D eigenvalue weighted by molar-refractivity contribution is 7.13. The second kappa shape index (κ2) is 7.53. The van der Waals surface area contributed by atoms with Gasteiger partial charge in [-0.1, -0.05) is 18.2 Å². The molecule has 4 rings (SSSR count). The smallest absolute Gasteiger partial charge is 0.332 e. The van der Waals surface area contributed by atoms with E-state index in [4.69, 9.17) is 5.11 Å². The molecule has 7 nitrogen and oxygen atoms in total. The lowest BCUT2D eigenvalue weighted by Crippen LogP contribution is -2.42. The van der Waals surface area contributed by atoms with Crippen LogP contribution in [0.25, 0.3) is 21.0 Å². The predicted octanol–water partition coefficient (Wildman–Crippen LogP) is 3.47. The minimum Gasteiger partial charge on any atom is -0.481 e. The average Bonchev–Trinajstić information content (AvgIpc) is 3.07. The SMILES string of the molecule is Cc1cc(C)c2c(Cn3c(=O)n(C(C)CC(=O)O)c(=O)c4ccccc43)nsc2c1. The zero-order valence-corrected chi connectivity index (χ0v) is 17.7. The van der Waals surface area contributed by atoms with Crippen LogP contribution in [0.1, 0.15) is 36.2 Å². The lowest BCUT2D eigenvalue weighted by atomic mass is 10.1. The zero-order valence-electron chi connectivity index (χ0n) is 16.9. The lowest BCUT2D eigenvalue weighted by Gasteiger charge is -2.17. The number of rotatable bonds is 5. The summed E-state index contributed by atoms with van der Waals surface area (Å²) in [6, 6.07) is 10.3. The molecule has 0 aliphatic rings. The average molecular weight is 423 g/mol. The Balaban J connectivity index is 1.96. The van der Waals surface area contributed by atoms with Crippen LogP contribution >= 0.6 is 11.5 Å². The summed E-state index contributed by atoms with van der Waals surface area (Å²) in [7, 11) is 0. The van der Waals surface area contributed by atoms with Gasteiger partial charge in [0.1, 0.15) is 0 Å². The number of fused-ring (bicyclic) bond motifs is 2. The van der Waals surface area contributed by atoms with Gasteiger partial charge in [-0.2, -0.15) is 4.37 Å². The molecule has 1 N–H and O–H groups in total. The van der Waals surface area contributed by atoms with Gasteiger partial charge in [0.25, 0.3) is 5.56 Å². The summed E-state index contributed by atoms with van der Waals surface area (Å²) in [6.45, 7) is 5.82. The van der Waals surface area contributed by atoms with Crippen LogP contribution in [0.15, 0.2) is 46.0 Å². The molecule has 0 radical (unpaired) electrons. The molecule has 1 atom stereocenters. The molecule has 0 amide bonds. The molecule has 0 saturated heterocycles. The van der Waals surface area contributed by atoms with E-state index in [0.717, 1.165) is 31.5 Å². The Kier molecular flexibility index (Phi) is 5.03. The summed E-state index contributed by atoms with van der Waals surface area (Å²) in [5.74, 6) is -1.06. The highest BCUT2D eigenvalue weighted by atomic mass is 32.1. The fourth-order valence-electron chi connectivity index (χ4n) is 4.00. The number of benzene rings is 2. The van der Waals surface area contributed by atoms with Gasteiger partial charge < -0.3 is 5.11 Å². The van der Waals surface area contributed by atoms with Crippen molar-refractivity contribution < 1.29 is 9.90 Å². The minimum absolute atomic E-state index is 0.198. The van der Waals surface area contributed by atoms with Crippen molar-refractivity contribution in [3.63, 3.8) is 0 Å². The Morgan fingerprint density at radius 1 is 1.20 bits per heavy atom. The third-order valence-electron chi connectivity index (χ3n) is 5.29. The van der Waals surface area contributed by atoms with Gasteiger partial charge in [-0.05, 0) is 61.6 Å². The Hall–Kier alpha value is -3.26. The summed E-state index contributed by atoms with van der Waals surface area (Å²) < 4.78 is 8.20. The van der Waals surface area contributed by atoms with Crippen LogP contribution in [0.2, 0.25) is 0 Å². The van der Waals surface area contributed by atoms with Crippen LogP contribution in [0.4, 0.5) is 0 Å². The van der Waals surface area contributed by atoms with E-state index in [1.807, 2.05) is 13.8 Å². The first-order chi connectivity index (χ1) is 14.3. The maximum Gasteiger partial charge on any atom is 0.332 e. The first kappa shape index (κ1) is 20.0. The fourth-order valence-corrected chi connectivity index (χ4v) is 4.97. The van der Waals surface area contributed by atoms with Gasteiger partial charge in [0.2, 0.25) is 0 Å². The van der Waals surface area contributed by atoms with E-state index in [1.165, 1.54) is 16.1 Å². The zero-order chi connectivity index (χ0) is 21.6. The normalized spacial score (nSPS) is 12.5. The number of aliphatic carboxylic acids is 1. The Labute approximate surface area is 176 Å². The van der Waals surface area contributed by atoms with E-state index in [9.17, 15) is 14.4 Å². The molecular formula is C22H21N3O4S. The number of para-hydroxylation sites is 1. The van der Waals surface area contributed by atoms with Crippen molar-refractivity contribution in [2.24, 2.45) is 0 Å². The second-order valence-electron chi connectivity index (χ2n) is 7.59. The number of nitrogens with zero attached hydrogens (tertiary/aromatic N) is 3. The molecule has 0 spiro atoms. The van der Waals surface area contributed by atoms with E-state index in [1.54, 1.807) is 31.2 Å². The van der Waals surface area contributed by atoms with Gasteiger partial charge in [0.15, 0.2) is 0 Å². The molecule has 2 heterocycles. The van der Waals surface area contributed by atoms with Gasteiger partial charge in [-0.25, -0.2) is 4.79 Å². The van der Waals surface area contributed by atoms with E-state index in [-0.39, 0.29) is 13.0 Å². The minimum atomic E-state index is -1.06. The molecule has 8 heteroatoms. The molecule has 0 aliphatic heterocycles. The van der Waals surface area contributed by atoms with Crippen molar-refractivity contribution in [2.75, 3.05) is 0 Å². The quantitative estimate of drug-likeness (QED) is 0.530. The van der Waals surface area contributed by atoms with Gasteiger partial charge in [-0.15, -0.1) is 0 Å². The molecule has 0 aliphatic carbocycles. The first-order valence-corrected chi connectivity index (χ1v) is 10.4. The van der Waals surface area contributed by atoms with Crippen LogP contribution < -0.4 is 11.2 Å². The lowest BCUT2D eigenvalue weighted by molar-refractivity contribution is -0.137. The van der Waals surface area contributed by atoms with Crippen molar-refractivity contribution in [3.8, 4) is 0 Å². The van der Waals surface area contributed by atoms with Gasteiger partial charge in [-0.3, -0.25) is 18.7 Å². The van der Waals surface area contributed by atoms with E-state index < -0.39 is 23.3 Å². The largest absolute Gasteiger partial charge is 0.481 e. The summed E-state index contributed by atoms with van der Waals surface area (Å²) in [4.78, 5) is 37.5. The van der Waals surface area contributed by atoms with E-state index in [0.29, 0.717) is 10.9 Å². The molecular weight excluding hydrogens is 402 g/mol. The van der Waals surface area contributed by atoms with Crippen LogP contribution in [-0.2, 0) is 11.3 Å². The fraction of sp³-hybridized carbons (Fsp3) is 0.273. The van der Waals surface area contributed by atoms with Crippen molar-refractivity contribution in [1.82, 2.24) is 13.5 Å². The van der Waals surface area contributed by atoms with Crippen LogP contribution in [0.5, 0.6) is 0 Å². The maximum absolute atomic E-state index is 13.3. The Morgan fingerprint density at radius 2 is 1.93 bits per heavy atom. The number of aromatic nitrogens is 3. The third-order valence-corrected chi connectivity index (χ3v) is 6.12. The van der Waals surface area contributed by atoms with Crippen molar-refractivity contribution in [3.05, 3.63) is 74.1 Å². The molecule has 2 aromatic heterocycles. The molecule has 1 unspecified atom stereocenters. The molecule has 0 fully saturated rings. The molecule has 30 heavy (non-hydrogen) atoms. The van der Waals surface area contributed by atoms with Crippen molar-refractivity contribution >= 4 is 38.5 Å². The van der Waals surface area contributed by atoms with Crippen molar-refractivity contribution in [1.29, 1.82) is 0 Å². The first-order valence-electron chi connectivity index (χ1n) is 9.59. The van der Waals surface area contributed by atoms with Gasteiger partial charge >= 0.3 is 11.7 Å². The predicted molar refractivity (Wildman–Crippen MR) is 118 cm³/mol. The number of carboxylic acids is 1. The highest BCUT2D eigenvalue weighted by Gasteiger charge is 2.20. The molecule has 154 valence electrons. The number of carbonyl (C=O) groups is 1. The topological polar surface area (TPSA) is 94.2 Å². The molecule has 0 saturated carbocycles. The van der Waals surface area contributed by atoms with E-state index >= 15 is 0 Å². The van der Waals surface area contributed by atoms with Crippen LogP contribution in [0.3, 0.4) is 0 Å². The summed E-state index contributed by atoms with van der Waals surface area (Å²) in [5.41, 5.74) is 2.49. The standard InChI is InChI=1S/C22H21N3O4S/c1-12-8-13(2)20-16(23-30-18(20)9-12)11-24-17-7-5-4-6-15(17)21(28)25(22(24)29)14(3)10-19(26)27/h4-9,14H,10-11H2,1-3H3,(H,26,27). The van der Waals surface area contributed by atoms with Gasteiger partial charge in [0, 0.05) is 11.4 Å². The summed E-state index contributed by atoms with van der Waals surface area (Å²) in [6.07, 6.45) is -0.314. The monoisotopic (exact) mass is 423 g/mol. The van der Waals surface area contributed by atoms with Crippen LogP contribution in [0, 0.1) is 13.8 Å². The molecule has 4 aromatic rings. The molecule has 0 bridgehead atoms. The van der Waals surface area contributed by atoms with Gasteiger partial charge in [0.05, 0.1) is 34.3 Å². The second-order valence-corrected chi connectivity index (χ2v) is 8.40.